The lowest BCUT2D eigenvalue weighted by molar-refractivity contribution is -0.150. The molecule has 328 valence electrons. The Bertz CT molecular complexity index is 808. The number of unbranched alkanes of at least 4 members (excludes halogenated alkanes) is 22. The molecule has 0 saturated heterocycles. The van der Waals surface area contributed by atoms with Gasteiger partial charge in [-0.1, -0.05) is 175 Å². The summed E-state index contributed by atoms with van der Waals surface area (Å²) in [4.78, 5) is 27.3. The molecule has 0 aliphatic heterocycles. The van der Waals surface area contributed by atoms with Crippen molar-refractivity contribution in [2.45, 2.75) is 258 Å². The zero-order valence-electron chi connectivity index (χ0n) is 37.2. The molecule has 7 heteroatoms. The highest BCUT2D eigenvalue weighted by molar-refractivity contribution is 5.70. The molecule has 0 fully saturated rings. The smallest absolute Gasteiger partial charge is 0.306 e. The third-order valence-corrected chi connectivity index (χ3v) is 11.8. The fourth-order valence-corrected chi connectivity index (χ4v) is 8.32. The first-order valence-corrected chi connectivity index (χ1v) is 24.3. The van der Waals surface area contributed by atoms with E-state index in [1.54, 1.807) is 0 Å². The minimum Gasteiger partial charge on any atom is -0.481 e. The van der Waals surface area contributed by atoms with Gasteiger partial charge in [-0.05, 0) is 83.2 Å². The fourth-order valence-electron chi connectivity index (χ4n) is 8.32. The molecule has 0 aliphatic rings. The van der Waals surface area contributed by atoms with Gasteiger partial charge in [0.2, 0.25) is 0 Å². The van der Waals surface area contributed by atoms with Gasteiger partial charge < -0.3 is 25.0 Å². The Morgan fingerprint density at radius 3 is 1.38 bits per heavy atom. The topological polar surface area (TPSA) is 107 Å². The molecule has 0 rings (SSSR count). The summed E-state index contributed by atoms with van der Waals surface area (Å²) in [5, 5.41) is 29.7. The van der Waals surface area contributed by atoms with Crippen LogP contribution in [0.2, 0.25) is 0 Å². The number of aliphatic carboxylic acids is 1. The Hall–Kier alpha value is -1.18. The molecule has 0 aromatic carbocycles. The van der Waals surface area contributed by atoms with E-state index < -0.39 is 12.1 Å². The first-order chi connectivity index (χ1) is 26.8. The van der Waals surface area contributed by atoms with Gasteiger partial charge in [0.05, 0.1) is 18.6 Å². The number of hydrogen-bond donors (Lipinski definition) is 3. The van der Waals surface area contributed by atoms with Gasteiger partial charge in [-0.25, -0.2) is 0 Å². The van der Waals surface area contributed by atoms with Crippen molar-refractivity contribution >= 4 is 11.9 Å². The van der Waals surface area contributed by atoms with Crippen LogP contribution in [0, 0.1) is 11.8 Å². The SMILES string of the molecule is CCCCCCCCC(CCCCCCCC)OC(=O)CCCCCCCN(CCCCCCC(C(=O)O)C(CCC)CCCCCCCC)CC(O)CO. The normalized spacial score (nSPS) is 13.5. The van der Waals surface area contributed by atoms with Crippen molar-refractivity contribution in [1.29, 1.82) is 0 Å². The predicted molar refractivity (Wildman–Crippen MR) is 234 cm³/mol. The first kappa shape index (κ1) is 53.8. The molecule has 0 heterocycles. The summed E-state index contributed by atoms with van der Waals surface area (Å²) in [6.07, 6.45) is 37.7. The van der Waals surface area contributed by atoms with Crippen molar-refractivity contribution in [3.63, 3.8) is 0 Å². The van der Waals surface area contributed by atoms with Gasteiger partial charge in [0.1, 0.15) is 6.10 Å². The van der Waals surface area contributed by atoms with Crippen molar-refractivity contribution in [2.24, 2.45) is 11.8 Å². The number of rotatable bonds is 44. The Morgan fingerprint density at radius 1 is 0.509 bits per heavy atom. The van der Waals surface area contributed by atoms with Gasteiger partial charge in [-0.15, -0.1) is 0 Å². The summed E-state index contributed by atoms with van der Waals surface area (Å²) in [6, 6.07) is 0. The van der Waals surface area contributed by atoms with Crippen molar-refractivity contribution in [3.8, 4) is 0 Å². The van der Waals surface area contributed by atoms with E-state index in [1.807, 2.05) is 0 Å². The van der Waals surface area contributed by atoms with E-state index in [0.717, 1.165) is 129 Å². The fraction of sp³-hybridized carbons (Fsp3) is 0.958. The molecule has 0 saturated carbocycles. The van der Waals surface area contributed by atoms with Crippen LogP contribution in [0.25, 0.3) is 0 Å². The average Bonchev–Trinajstić information content (AvgIpc) is 3.17. The van der Waals surface area contributed by atoms with Crippen LogP contribution in [0.15, 0.2) is 0 Å². The number of nitrogens with zero attached hydrogens (tertiary/aromatic N) is 1. The minimum atomic E-state index is -0.726. The van der Waals surface area contributed by atoms with E-state index in [9.17, 15) is 24.9 Å². The lowest BCUT2D eigenvalue weighted by Gasteiger charge is -2.25. The largest absolute Gasteiger partial charge is 0.481 e. The monoisotopic (exact) mass is 782 g/mol. The summed E-state index contributed by atoms with van der Waals surface area (Å²) in [7, 11) is 0. The van der Waals surface area contributed by atoms with E-state index in [4.69, 9.17) is 4.74 Å². The number of esters is 1. The van der Waals surface area contributed by atoms with Crippen LogP contribution in [0.3, 0.4) is 0 Å². The first-order valence-electron chi connectivity index (χ1n) is 24.3. The van der Waals surface area contributed by atoms with Crippen molar-refractivity contribution < 1.29 is 29.6 Å². The highest BCUT2D eigenvalue weighted by atomic mass is 16.5. The van der Waals surface area contributed by atoms with E-state index in [2.05, 4.69) is 32.6 Å². The number of carbonyl (C=O) groups excluding carboxylic acids is 1. The molecule has 55 heavy (non-hydrogen) atoms. The molecule has 0 bridgehead atoms. The standard InChI is InChI=1S/C48H95NO6/c1-5-9-12-15-19-26-34-43(33-8-4)46(48(53)54)37-29-23-25-32-40-49(41-44(51)42-50)39-31-24-18-22-30-38-47(52)55-45(35-27-20-16-13-10-6-2)36-28-21-17-14-11-7-3/h43-46,50-51H,5-42H2,1-4H3,(H,53,54). The van der Waals surface area contributed by atoms with Gasteiger partial charge in [0, 0.05) is 13.0 Å². The summed E-state index contributed by atoms with van der Waals surface area (Å²) in [6.45, 7) is 11.0. The maximum atomic E-state index is 12.8. The predicted octanol–water partition coefficient (Wildman–Crippen LogP) is 13.2. The van der Waals surface area contributed by atoms with Crippen molar-refractivity contribution in [3.05, 3.63) is 0 Å². The molecular weight excluding hydrogens is 687 g/mol. The highest BCUT2D eigenvalue weighted by Crippen LogP contribution is 2.29. The second-order valence-corrected chi connectivity index (χ2v) is 17.1. The van der Waals surface area contributed by atoms with Crippen molar-refractivity contribution in [1.82, 2.24) is 4.90 Å². The number of carboxylic acids is 1. The summed E-state index contributed by atoms with van der Waals surface area (Å²) < 4.78 is 6.03. The minimum absolute atomic E-state index is 0.0152. The maximum Gasteiger partial charge on any atom is 0.306 e. The zero-order chi connectivity index (χ0) is 40.6. The van der Waals surface area contributed by atoms with Crippen molar-refractivity contribution in [2.75, 3.05) is 26.2 Å². The Kier molecular flexibility index (Phi) is 40.1. The summed E-state index contributed by atoms with van der Waals surface area (Å²) in [5.74, 6) is -0.553. The Morgan fingerprint density at radius 2 is 0.927 bits per heavy atom. The molecule has 0 aromatic heterocycles. The van der Waals surface area contributed by atoms with Crippen LogP contribution in [-0.4, -0.2) is 70.6 Å². The van der Waals surface area contributed by atoms with E-state index in [0.29, 0.717) is 18.9 Å². The van der Waals surface area contributed by atoms with Gasteiger partial charge in [-0.3, -0.25) is 9.59 Å². The van der Waals surface area contributed by atoms with Crippen LogP contribution in [0.4, 0.5) is 0 Å². The molecule has 3 N–H and O–H groups in total. The highest BCUT2D eigenvalue weighted by Gasteiger charge is 2.26. The van der Waals surface area contributed by atoms with Crippen LogP contribution in [-0.2, 0) is 14.3 Å². The van der Waals surface area contributed by atoms with Crippen LogP contribution in [0.1, 0.15) is 246 Å². The second-order valence-electron chi connectivity index (χ2n) is 17.1. The summed E-state index contributed by atoms with van der Waals surface area (Å²) in [5.41, 5.74) is 0. The van der Waals surface area contributed by atoms with Gasteiger partial charge >= 0.3 is 11.9 Å². The third-order valence-electron chi connectivity index (χ3n) is 11.8. The molecule has 3 atom stereocenters. The molecule has 3 unspecified atom stereocenters. The lowest BCUT2D eigenvalue weighted by atomic mass is 9.81. The van der Waals surface area contributed by atoms with Gasteiger partial charge in [-0.2, -0.15) is 0 Å². The molecule has 7 nitrogen and oxygen atoms in total. The molecule has 0 radical (unpaired) electrons. The van der Waals surface area contributed by atoms with Gasteiger partial charge in [0.25, 0.3) is 0 Å². The second kappa shape index (κ2) is 41.0. The molecule has 0 aromatic rings. The molecule has 0 amide bonds. The van der Waals surface area contributed by atoms with E-state index >= 15 is 0 Å². The van der Waals surface area contributed by atoms with Crippen LogP contribution < -0.4 is 0 Å². The molecule has 0 spiro atoms. The zero-order valence-corrected chi connectivity index (χ0v) is 37.2. The van der Waals surface area contributed by atoms with Crippen LogP contribution in [0.5, 0.6) is 0 Å². The van der Waals surface area contributed by atoms with E-state index in [-0.39, 0.29) is 24.6 Å². The molecular formula is C48H95NO6. The number of ether oxygens (including phenoxy) is 1. The average molecular weight is 782 g/mol. The van der Waals surface area contributed by atoms with Gasteiger partial charge in [0.15, 0.2) is 0 Å². The number of carboxylic acid groups (broad SMARTS) is 1. The summed E-state index contributed by atoms with van der Waals surface area (Å²) >= 11 is 0. The Labute approximate surface area is 341 Å². The van der Waals surface area contributed by atoms with E-state index in [1.165, 1.54) is 96.3 Å². The Balaban J connectivity index is 4.47. The third kappa shape index (κ3) is 34.6. The number of aliphatic hydroxyl groups excluding tert-OH is 2. The maximum absolute atomic E-state index is 12.8. The number of aliphatic hydroxyl groups is 2. The number of carbonyl (C=O) groups is 2. The number of hydrogen-bond acceptors (Lipinski definition) is 6. The lowest BCUT2D eigenvalue weighted by Crippen LogP contribution is -2.35. The quantitative estimate of drug-likeness (QED) is 0.0417. The van der Waals surface area contributed by atoms with Crippen LogP contribution >= 0.6 is 0 Å². The molecule has 0 aliphatic carbocycles.